The molecule has 0 aliphatic carbocycles. The van der Waals surface area contributed by atoms with Gasteiger partial charge in [0.2, 0.25) is 0 Å². The van der Waals surface area contributed by atoms with Gasteiger partial charge >= 0.3 is 0 Å². The molecular weight excluding hydrogens is 600 g/mol. The van der Waals surface area contributed by atoms with Gasteiger partial charge < -0.3 is 20.6 Å². The summed E-state index contributed by atoms with van der Waals surface area (Å²) >= 11 is 0. The molecular formula is C28H30Cl4F2N6. The van der Waals surface area contributed by atoms with Crippen LogP contribution in [-0.4, -0.2) is 45.4 Å². The summed E-state index contributed by atoms with van der Waals surface area (Å²) in [6.45, 7) is 0.760. The molecule has 6 nitrogen and oxygen atoms in total. The smallest absolute Gasteiger partial charge is 0.124 e. The number of halogens is 6. The Bertz CT molecular complexity index is 1460. The van der Waals surface area contributed by atoms with E-state index in [9.17, 15) is 8.78 Å². The van der Waals surface area contributed by atoms with Crippen LogP contribution in [0.2, 0.25) is 0 Å². The van der Waals surface area contributed by atoms with Crippen LogP contribution >= 0.6 is 49.6 Å². The third kappa shape index (κ3) is 6.08. The SMILES string of the molecule is Cl.Cl.Cl.Cl.F[C@@H]1CN[C@H](c2nc3ccc(-c4ccc(-c5ccc6nc([C@@H]7C[C@H](F)CN7)[nH]c6c5)cc4)cc3[nH]2)C1. The van der Waals surface area contributed by atoms with Crippen molar-refractivity contribution < 1.29 is 8.78 Å². The fourth-order valence-corrected chi connectivity index (χ4v) is 5.40. The van der Waals surface area contributed by atoms with Gasteiger partial charge in [0.1, 0.15) is 24.0 Å². The van der Waals surface area contributed by atoms with Crippen LogP contribution in [0, 0.1) is 0 Å². The first-order valence-corrected chi connectivity index (χ1v) is 12.4. The van der Waals surface area contributed by atoms with Crippen LogP contribution in [0.3, 0.4) is 0 Å². The van der Waals surface area contributed by atoms with Crippen LogP contribution in [-0.2, 0) is 0 Å². The molecule has 4 heterocycles. The molecule has 0 amide bonds. The second kappa shape index (κ2) is 13.0. The van der Waals surface area contributed by atoms with Crippen molar-refractivity contribution in [3.8, 4) is 22.3 Å². The highest BCUT2D eigenvalue weighted by molar-refractivity contribution is 5.86. The molecule has 0 radical (unpaired) electrons. The topological polar surface area (TPSA) is 81.4 Å². The normalized spacial score (nSPS) is 21.9. The molecule has 5 aromatic rings. The number of hydrogen-bond donors (Lipinski definition) is 4. The van der Waals surface area contributed by atoms with Crippen LogP contribution in [0.4, 0.5) is 8.78 Å². The molecule has 2 aromatic heterocycles. The number of alkyl halides is 2. The van der Waals surface area contributed by atoms with Crippen LogP contribution in [0.5, 0.6) is 0 Å². The molecule has 0 bridgehead atoms. The predicted molar refractivity (Wildman–Crippen MR) is 166 cm³/mol. The molecule has 0 saturated carbocycles. The maximum atomic E-state index is 13.6. The van der Waals surface area contributed by atoms with Gasteiger partial charge in [0, 0.05) is 25.9 Å². The summed E-state index contributed by atoms with van der Waals surface area (Å²) in [5.74, 6) is 1.59. The van der Waals surface area contributed by atoms with E-state index in [0.29, 0.717) is 25.9 Å². The van der Waals surface area contributed by atoms with E-state index >= 15 is 0 Å². The Morgan fingerprint density at radius 1 is 0.550 bits per heavy atom. The highest BCUT2D eigenvalue weighted by atomic mass is 35.5. The average molecular weight is 630 g/mol. The third-order valence-electron chi connectivity index (χ3n) is 7.37. The molecule has 2 saturated heterocycles. The van der Waals surface area contributed by atoms with Gasteiger partial charge in [0.15, 0.2) is 0 Å². The number of H-pyrrole nitrogens is 2. The lowest BCUT2D eigenvalue weighted by molar-refractivity contribution is 0.354. The fourth-order valence-electron chi connectivity index (χ4n) is 5.40. The Hall–Kier alpha value is -2.46. The monoisotopic (exact) mass is 628 g/mol. The minimum Gasteiger partial charge on any atom is -0.341 e. The first-order chi connectivity index (χ1) is 17.6. The van der Waals surface area contributed by atoms with Crippen molar-refractivity contribution in [2.45, 2.75) is 37.3 Å². The Balaban J connectivity index is 0.00000110. The number of imidazole rings is 2. The molecule has 2 aliphatic heterocycles. The van der Waals surface area contributed by atoms with E-state index in [1.807, 2.05) is 12.1 Å². The quantitative estimate of drug-likeness (QED) is 0.169. The molecule has 2 fully saturated rings. The molecule has 2 aliphatic rings. The minimum absolute atomic E-state index is 0. The highest BCUT2D eigenvalue weighted by Gasteiger charge is 2.28. The van der Waals surface area contributed by atoms with Crippen LogP contribution in [0.1, 0.15) is 36.6 Å². The van der Waals surface area contributed by atoms with Gasteiger partial charge in [0.05, 0.1) is 34.2 Å². The lowest BCUT2D eigenvalue weighted by Crippen LogP contribution is -2.14. The van der Waals surface area contributed by atoms with Crippen molar-refractivity contribution in [2.75, 3.05) is 13.1 Å². The van der Waals surface area contributed by atoms with Crippen molar-refractivity contribution in [2.24, 2.45) is 0 Å². The molecule has 12 heteroatoms. The molecule has 4 atom stereocenters. The van der Waals surface area contributed by atoms with Crippen molar-refractivity contribution in [3.63, 3.8) is 0 Å². The van der Waals surface area contributed by atoms with Gasteiger partial charge in [-0.15, -0.1) is 49.6 Å². The second-order valence-corrected chi connectivity index (χ2v) is 9.87. The van der Waals surface area contributed by atoms with Crippen LogP contribution in [0.25, 0.3) is 44.3 Å². The fraction of sp³-hybridized carbons (Fsp3) is 0.286. The van der Waals surface area contributed by atoms with Crippen molar-refractivity contribution in [1.82, 2.24) is 30.6 Å². The number of fused-ring (bicyclic) bond motifs is 2. The Morgan fingerprint density at radius 3 is 1.27 bits per heavy atom. The number of benzene rings is 3. The van der Waals surface area contributed by atoms with Gasteiger partial charge in [-0.2, -0.15) is 0 Å². The summed E-state index contributed by atoms with van der Waals surface area (Å²) < 4.78 is 27.2. The number of aromatic nitrogens is 4. The van der Waals surface area contributed by atoms with E-state index in [-0.39, 0.29) is 61.7 Å². The lowest BCUT2D eigenvalue weighted by Gasteiger charge is -2.06. The van der Waals surface area contributed by atoms with Gasteiger partial charge in [-0.3, -0.25) is 0 Å². The van der Waals surface area contributed by atoms with Crippen molar-refractivity contribution in [3.05, 3.63) is 72.3 Å². The Labute approximate surface area is 255 Å². The third-order valence-corrected chi connectivity index (χ3v) is 7.37. The van der Waals surface area contributed by atoms with E-state index in [0.717, 1.165) is 56.0 Å². The number of nitrogens with zero attached hydrogens (tertiary/aromatic N) is 2. The molecule has 7 rings (SSSR count). The maximum absolute atomic E-state index is 13.6. The largest absolute Gasteiger partial charge is 0.341 e. The molecule has 0 spiro atoms. The van der Waals surface area contributed by atoms with Crippen molar-refractivity contribution in [1.29, 1.82) is 0 Å². The summed E-state index contributed by atoms with van der Waals surface area (Å²) in [7, 11) is 0. The van der Waals surface area contributed by atoms with E-state index in [2.05, 4.69) is 79.1 Å². The molecule has 214 valence electrons. The Kier molecular flexibility index (Phi) is 10.4. The van der Waals surface area contributed by atoms with Crippen LogP contribution < -0.4 is 10.6 Å². The zero-order valence-corrected chi connectivity index (χ0v) is 24.5. The number of aromatic amines is 2. The minimum atomic E-state index is -0.818. The van der Waals surface area contributed by atoms with Gasteiger partial charge in [0.25, 0.3) is 0 Å². The first kappa shape index (κ1) is 32.1. The predicted octanol–water partition coefficient (Wildman–Crippen LogP) is 7.21. The average Bonchev–Trinajstić information content (AvgIpc) is 3.68. The van der Waals surface area contributed by atoms with Crippen LogP contribution in [0.15, 0.2) is 60.7 Å². The van der Waals surface area contributed by atoms with Gasteiger partial charge in [-0.05, 0) is 46.5 Å². The van der Waals surface area contributed by atoms with E-state index < -0.39 is 12.3 Å². The molecule has 3 aromatic carbocycles. The summed E-state index contributed by atoms with van der Waals surface area (Å²) in [5, 5.41) is 6.37. The molecule has 4 N–H and O–H groups in total. The molecule has 40 heavy (non-hydrogen) atoms. The second-order valence-electron chi connectivity index (χ2n) is 9.87. The standard InChI is InChI=1S/C28H26F2N6.4ClH/c29-19-11-25(31-13-19)27-33-21-7-5-17(9-23(21)35-27)15-1-2-16(4-3-15)18-6-8-22-24(10-18)36-28(34-22)26-12-20(30)14-32-26;;;;/h1-10,19-20,25-26,31-32H,11-14H2,(H,33,35)(H,34,36);4*1H/t19-,20-,25-,26-;;;;/m0..../s1. The summed E-state index contributed by atoms with van der Waals surface area (Å²) in [4.78, 5) is 16.1. The number of rotatable bonds is 4. The summed E-state index contributed by atoms with van der Waals surface area (Å²) in [6.07, 6.45) is -0.728. The molecule has 0 unspecified atom stereocenters. The van der Waals surface area contributed by atoms with Gasteiger partial charge in [-0.25, -0.2) is 18.7 Å². The van der Waals surface area contributed by atoms with E-state index in [1.165, 1.54) is 0 Å². The number of nitrogens with one attached hydrogen (secondary N) is 4. The lowest BCUT2D eigenvalue weighted by atomic mass is 10.00. The summed E-state index contributed by atoms with van der Waals surface area (Å²) in [6, 6.07) is 20.7. The Morgan fingerprint density at radius 2 is 0.925 bits per heavy atom. The highest BCUT2D eigenvalue weighted by Crippen LogP contribution is 2.31. The zero-order valence-electron chi connectivity index (χ0n) is 21.2. The van der Waals surface area contributed by atoms with E-state index in [1.54, 1.807) is 0 Å². The number of hydrogen-bond acceptors (Lipinski definition) is 4. The first-order valence-electron chi connectivity index (χ1n) is 12.4. The maximum Gasteiger partial charge on any atom is 0.124 e. The van der Waals surface area contributed by atoms with E-state index in [4.69, 9.17) is 0 Å². The summed E-state index contributed by atoms with van der Waals surface area (Å²) in [5.41, 5.74) is 8.08. The van der Waals surface area contributed by atoms with Gasteiger partial charge in [-0.1, -0.05) is 36.4 Å². The van der Waals surface area contributed by atoms with Crippen molar-refractivity contribution >= 4 is 71.7 Å². The zero-order chi connectivity index (χ0) is 24.2.